The number of rotatable bonds is 5. The molecular formula is C17H24N2O6S. The molecule has 1 fully saturated rings. The van der Waals surface area contributed by atoms with Crippen molar-refractivity contribution in [2.45, 2.75) is 19.1 Å². The molecule has 1 aliphatic rings. The van der Waals surface area contributed by atoms with Crippen molar-refractivity contribution >= 4 is 22.1 Å². The fourth-order valence-electron chi connectivity index (χ4n) is 2.90. The van der Waals surface area contributed by atoms with Gasteiger partial charge < -0.3 is 14.4 Å². The Morgan fingerprint density at radius 3 is 2.46 bits per heavy atom. The van der Waals surface area contributed by atoms with Gasteiger partial charge in [-0.25, -0.2) is 17.5 Å². The maximum atomic E-state index is 12.4. The number of hydrogen-bond donors (Lipinski definition) is 0. The lowest BCUT2D eigenvalue weighted by Crippen LogP contribution is -2.54. The highest BCUT2D eigenvalue weighted by Gasteiger charge is 2.38. The summed E-state index contributed by atoms with van der Waals surface area (Å²) in [7, 11) is -0.754. The molecular weight excluding hydrogens is 360 g/mol. The van der Waals surface area contributed by atoms with Crippen molar-refractivity contribution in [1.82, 2.24) is 9.21 Å². The van der Waals surface area contributed by atoms with E-state index in [1.165, 1.54) is 23.4 Å². The zero-order valence-electron chi connectivity index (χ0n) is 15.1. The van der Waals surface area contributed by atoms with E-state index in [-0.39, 0.29) is 19.7 Å². The predicted octanol–water partition coefficient (Wildman–Crippen LogP) is 1.08. The lowest BCUT2D eigenvalue weighted by molar-refractivity contribution is -0.147. The molecule has 1 heterocycles. The number of piperidine rings is 1. The zero-order valence-corrected chi connectivity index (χ0v) is 15.9. The molecule has 0 aromatic heterocycles. The van der Waals surface area contributed by atoms with Gasteiger partial charge in [-0.05, 0) is 12.0 Å². The molecule has 0 N–H and O–H groups in total. The van der Waals surface area contributed by atoms with Crippen LogP contribution in [0.25, 0.3) is 0 Å². The minimum absolute atomic E-state index is 0.103. The van der Waals surface area contributed by atoms with Crippen LogP contribution in [0.2, 0.25) is 0 Å². The topological polar surface area (TPSA) is 93.2 Å². The number of amides is 1. The number of benzene rings is 1. The molecule has 2 rings (SSSR count). The Labute approximate surface area is 153 Å². The third kappa shape index (κ3) is 5.18. The van der Waals surface area contributed by atoms with E-state index in [0.717, 1.165) is 11.8 Å². The van der Waals surface area contributed by atoms with Gasteiger partial charge in [0.2, 0.25) is 10.0 Å². The molecule has 0 spiro atoms. The monoisotopic (exact) mass is 384 g/mol. The Hall–Kier alpha value is -2.13. The van der Waals surface area contributed by atoms with E-state index in [1.54, 1.807) is 0 Å². The number of likely N-dealkylation sites (N-methyl/N-ethyl adjacent to an activating group) is 1. The van der Waals surface area contributed by atoms with Gasteiger partial charge in [-0.15, -0.1) is 0 Å². The molecule has 0 bridgehead atoms. The largest absolute Gasteiger partial charge is 0.469 e. The van der Waals surface area contributed by atoms with E-state index in [0.29, 0.717) is 6.42 Å². The lowest BCUT2D eigenvalue weighted by atomic mass is 9.94. The summed E-state index contributed by atoms with van der Waals surface area (Å²) in [5.74, 6) is -1.08. The van der Waals surface area contributed by atoms with Crippen LogP contribution in [0.5, 0.6) is 0 Å². The SMILES string of the molecule is COC(=O)[C@@H]1C[C@H](N(C)S(C)(=O)=O)CN(C(=O)OCc2ccccc2)C1. The van der Waals surface area contributed by atoms with Crippen LogP contribution in [0, 0.1) is 5.92 Å². The number of esters is 1. The number of sulfonamides is 1. The minimum Gasteiger partial charge on any atom is -0.469 e. The second-order valence-corrected chi connectivity index (χ2v) is 8.38. The molecule has 144 valence electrons. The van der Waals surface area contributed by atoms with E-state index in [1.807, 2.05) is 30.3 Å². The maximum Gasteiger partial charge on any atom is 0.410 e. The summed E-state index contributed by atoms with van der Waals surface area (Å²) in [6, 6.07) is 8.69. The van der Waals surface area contributed by atoms with Gasteiger partial charge in [0, 0.05) is 26.2 Å². The number of ether oxygens (including phenoxy) is 2. The van der Waals surface area contributed by atoms with Crippen LogP contribution in [-0.2, 0) is 30.9 Å². The molecule has 0 aliphatic carbocycles. The van der Waals surface area contributed by atoms with Gasteiger partial charge in [-0.3, -0.25) is 4.79 Å². The summed E-state index contributed by atoms with van der Waals surface area (Å²) in [5, 5.41) is 0. The lowest BCUT2D eigenvalue weighted by Gasteiger charge is -2.39. The van der Waals surface area contributed by atoms with E-state index in [9.17, 15) is 18.0 Å². The molecule has 8 nitrogen and oxygen atoms in total. The quantitative estimate of drug-likeness (QED) is 0.705. The summed E-state index contributed by atoms with van der Waals surface area (Å²) in [6.45, 7) is 0.394. The number of carbonyl (C=O) groups excluding carboxylic acids is 2. The van der Waals surface area contributed by atoms with Crippen molar-refractivity contribution < 1.29 is 27.5 Å². The van der Waals surface area contributed by atoms with Crippen molar-refractivity contribution in [3.8, 4) is 0 Å². The number of methoxy groups -OCH3 is 1. The van der Waals surface area contributed by atoms with Crippen LogP contribution in [0.4, 0.5) is 4.79 Å². The van der Waals surface area contributed by atoms with Crippen LogP contribution in [0.15, 0.2) is 30.3 Å². The number of likely N-dealkylation sites (tertiary alicyclic amines) is 1. The van der Waals surface area contributed by atoms with Gasteiger partial charge in [0.05, 0.1) is 19.3 Å². The molecule has 0 radical (unpaired) electrons. The fraction of sp³-hybridized carbons (Fsp3) is 0.529. The van der Waals surface area contributed by atoms with Crippen LogP contribution in [-0.4, -0.2) is 69.2 Å². The first kappa shape index (κ1) is 20.2. The minimum atomic E-state index is -3.46. The van der Waals surface area contributed by atoms with Gasteiger partial charge >= 0.3 is 12.1 Å². The van der Waals surface area contributed by atoms with Gasteiger partial charge in [0.1, 0.15) is 6.61 Å². The summed E-state index contributed by atoms with van der Waals surface area (Å²) in [5.41, 5.74) is 0.840. The van der Waals surface area contributed by atoms with Crippen LogP contribution in [0.1, 0.15) is 12.0 Å². The van der Waals surface area contributed by atoms with Gasteiger partial charge in [0.25, 0.3) is 0 Å². The smallest absolute Gasteiger partial charge is 0.410 e. The summed E-state index contributed by atoms with van der Waals surface area (Å²) in [4.78, 5) is 25.8. The van der Waals surface area contributed by atoms with Crippen LogP contribution in [0.3, 0.4) is 0 Å². The van der Waals surface area contributed by atoms with Gasteiger partial charge in [-0.2, -0.15) is 0 Å². The number of carbonyl (C=O) groups is 2. The van der Waals surface area contributed by atoms with Crippen molar-refractivity contribution in [3.63, 3.8) is 0 Å². The van der Waals surface area contributed by atoms with Crippen molar-refractivity contribution in [3.05, 3.63) is 35.9 Å². The second-order valence-electron chi connectivity index (χ2n) is 6.33. The molecule has 9 heteroatoms. The molecule has 1 saturated heterocycles. The normalized spacial score (nSPS) is 20.7. The first-order valence-corrected chi connectivity index (χ1v) is 10.0. The molecule has 1 aromatic rings. The number of nitrogens with zero attached hydrogens (tertiary/aromatic N) is 2. The first-order chi connectivity index (χ1) is 12.2. The van der Waals surface area contributed by atoms with Gasteiger partial charge in [-0.1, -0.05) is 30.3 Å². The Bertz CT molecular complexity index is 737. The predicted molar refractivity (Wildman–Crippen MR) is 94.7 cm³/mol. The second kappa shape index (κ2) is 8.50. The Kier molecular flexibility index (Phi) is 6.60. The third-order valence-electron chi connectivity index (χ3n) is 4.46. The Morgan fingerprint density at radius 2 is 1.88 bits per heavy atom. The van der Waals surface area contributed by atoms with Gasteiger partial charge in [0.15, 0.2) is 0 Å². The van der Waals surface area contributed by atoms with E-state index in [2.05, 4.69) is 0 Å². The average molecular weight is 384 g/mol. The molecule has 0 unspecified atom stereocenters. The van der Waals surface area contributed by atoms with E-state index < -0.39 is 34.0 Å². The highest BCUT2D eigenvalue weighted by molar-refractivity contribution is 7.88. The summed E-state index contributed by atoms with van der Waals surface area (Å²) >= 11 is 0. The summed E-state index contributed by atoms with van der Waals surface area (Å²) < 4.78 is 34.9. The highest BCUT2D eigenvalue weighted by atomic mass is 32.2. The highest BCUT2D eigenvalue weighted by Crippen LogP contribution is 2.23. The van der Waals surface area contributed by atoms with Crippen molar-refractivity contribution in [2.24, 2.45) is 5.92 Å². The molecule has 26 heavy (non-hydrogen) atoms. The van der Waals surface area contributed by atoms with E-state index >= 15 is 0 Å². The fourth-order valence-corrected chi connectivity index (χ4v) is 3.60. The summed E-state index contributed by atoms with van der Waals surface area (Å²) in [6.07, 6.45) is 0.792. The van der Waals surface area contributed by atoms with Crippen LogP contribution < -0.4 is 0 Å². The third-order valence-corrected chi connectivity index (χ3v) is 5.81. The molecule has 1 amide bonds. The average Bonchev–Trinajstić information content (AvgIpc) is 2.64. The molecule has 1 aromatic carbocycles. The maximum absolute atomic E-state index is 12.4. The molecule has 1 aliphatic heterocycles. The van der Waals surface area contributed by atoms with Crippen LogP contribution >= 0.6 is 0 Å². The standard InChI is InChI=1S/C17H24N2O6S/c1-18(26(3,22)23)15-9-14(16(20)24-2)10-19(11-15)17(21)25-12-13-7-5-4-6-8-13/h4-8,14-15H,9-12H2,1-3H3/t14-,15+/m1/s1. The van der Waals surface area contributed by atoms with E-state index in [4.69, 9.17) is 9.47 Å². The van der Waals surface area contributed by atoms with Crippen molar-refractivity contribution in [2.75, 3.05) is 33.5 Å². The van der Waals surface area contributed by atoms with Crippen molar-refractivity contribution in [1.29, 1.82) is 0 Å². The first-order valence-electron chi connectivity index (χ1n) is 8.18. The number of hydrogen-bond acceptors (Lipinski definition) is 6. The molecule has 0 saturated carbocycles. The Balaban J connectivity index is 2.09. The Morgan fingerprint density at radius 1 is 1.23 bits per heavy atom. The zero-order chi connectivity index (χ0) is 19.3. The molecule has 2 atom stereocenters.